The van der Waals surface area contributed by atoms with Crippen molar-refractivity contribution in [3.05, 3.63) is 55.7 Å². The number of nitrogens with zero attached hydrogens (tertiary/aromatic N) is 3. The molecule has 3 rings (SSSR count). The van der Waals surface area contributed by atoms with Gasteiger partial charge in [0, 0.05) is 5.56 Å². The number of anilines is 1. The van der Waals surface area contributed by atoms with Crippen LogP contribution in [0.1, 0.15) is 34.9 Å². The van der Waals surface area contributed by atoms with E-state index in [1.54, 1.807) is 32.1 Å². The molecular weight excluding hydrogens is 427 g/mol. The first-order valence-electron chi connectivity index (χ1n) is 8.57. The Labute approximate surface area is 182 Å². The number of nitriles is 2. The van der Waals surface area contributed by atoms with Gasteiger partial charge in [-0.1, -0.05) is 23.2 Å². The fourth-order valence-electron chi connectivity index (χ4n) is 3.30. The largest absolute Gasteiger partial charge is 0.479 e. The molecule has 3 N–H and O–H groups in total. The fraction of sp³-hybridized carbons (Fsp3) is 0.143. The number of hydrogen-bond acceptors (Lipinski definition) is 6. The van der Waals surface area contributed by atoms with E-state index >= 15 is 0 Å². The van der Waals surface area contributed by atoms with Crippen molar-refractivity contribution in [3.63, 3.8) is 0 Å². The molecule has 0 fully saturated rings. The van der Waals surface area contributed by atoms with Gasteiger partial charge >= 0.3 is 5.97 Å². The van der Waals surface area contributed by atoms with Crippen LogP contribution >= 0.6 is 23.2 Å². The number of pyridine rings is 1. The summed E-state index contributed by atoms with van der Waals surface area (Å²) in [6.07, 6.45) is 1.77. The maximum Gasteiger partial charge on any atom is 0.341 e. The van der Waals surface area contributed by atoms with Crippen molar-refractivity contribution in [2.24, 2.45) is 0 Å². The maximum absolute atomic E-state index is 10.7. The monoisotopic (exact) mass is 440 g/mol. The first-order chi connectivity index (χ1) is 14.2. The lowest BCUT2D eigenvalue weighted by molar-refractivity contribution is -0.139. The molecular formula is C21H14Cl2N4O3. The van der Waals surface area contributed by atoms with Crippen LogP contribution in [-0.2, 0) is 4.79 Å². The van der Waals surface area contributed by atoms with Crippen molar-refractivity contribution in [2.45, 2.75) is 13.8 Å². The molecule has 0 aliphatic heterocycles. The number of aromatic nitrogens is 1. The third-order valence-electron chi connectivity index (χ3n) is 4.66. The Kier molecular flexibility index (Phi) is 5.71. The topological polar surface area (TPSA) is 133 Å². The number of hydrogen-bond donors (Lipinski definition) is 2. The molecule has 1 aliphatic carbocycles. The zero-order valence-corrected chi connectivity index (χ0v) is 17.4. The Morgan fingerprint density at radius 2 is 1.90 bits per heavy atom. The van der Waals surface area contributed by atoms with Gasteiger partial charge in [0.15, 0.2) is 12.4 Å². The predicted molar refractivity (Wildman–Crippen MR) is 114 cm³/mol. The minimum absolute atomic E-state index is 0.0667. The predicted octanol–water partition coefficient (Wildman–Crippen LogP) is 4.47. The van der Waals surface area contributed by atoms with Crippen LogP contribution in [-0.4, -0.2) is 22.7 Å². The highest BCUT2D eigenvalue weighted by atomic mass is 35.5. The van der Waals surface area contributed by atoms with E-state index < -0.39 is 12.6 Å². The number of benzene rings is 1. The zero-order chi connectivity index (χ0) is 22.2. The van der Waals surface area contributed by atoms with Crippen LogP contribution in [0.5, 0.6) is 5.75 Å². The lowest BCUT2D eigenvalue weighted by Gasteiger charge is -2.12. The highest BCUT2D eigenvalue weighted by Crippen LogP contribution is 2.45. The van der Waals surface area contributed by atoms with Crippen LogP contribution < -0.4 is 10.5 Å². The Morgan fingerprint density at radius 1 is 1.27 bits per heavy atom. The standard InChI is InChI=1S/C21H14Cl2N4O3/c1-9-12(3-11-4-15(22)20(16(23)5-11)30-8-17(28)29)18-10(2)14(7-25)21(26)27-19(18)13(9)6-24/h3-5H,8H2,1-2H3,(H2,26,27)(H,28,29)/b12-3+. The van der Waals surface area contributed by atoms with Crippen molar-refractivity contribution in [1.82, 2.24) is 4.98 Å². The van der Waals surface area contributed by atoms with Crippen molar-refractivity contribution >= 4 is 52.2 Å². The molecule has 0 atom stereocenters. The fourth-order valence-corrected chi connectivity index (χ4v) is 3.91. The quantitative estimate of drug-likeness (QED) is 0.715. The number of allylic oxidation sites excluding steroid dienone is 3. The van der Waals surface area contributed by atoms with Gasteiger partial charge in [-0.05, 0) is 54.3 Å². The average molecular weight is 441 g/mol. The minimum Gasteiger partial charge on any atom is -0.479 e. The van der Waals surface area contributed by atoms with Crippen LogP contribution in [0.25, 0.3) is 17.2 Å². The van der Waals surface area contributed by atoms with Crippen LogP contribution in [0.4, 0.5) is 5.82 Å². The summed E-state index contributed by atoms with van der Waals surface area (Å²) in [5, 5.41) is 28.1. The second-order valence-electron chi connectivity index (χ2n) is 6.50. The van der Waals surface area contributed by atoms with E-state index in [1.807, 2.05) is 0 Å². The van der Waals surface area contributed by atoms with Gasteiger partial charge in [-0.15, -0.1) is 0 Å². The van der Waals surface area contributed by atoms with E-state index in [-0.39, 0.29) is 27.2 Å². The summed E-state index contributed by atoms with van der Waals surface area (Å²) in [6.45, 7) is 2.95. The van der Waals surface area contributed by atoms with Gasteiger partial charge < -0.3 is 15.6 Å². The minimum atomic E-state index is -1.16. The number of aliphatic carboxylic acids is 1. The SMILES string of the molecule is CC1=C(C#N)c2nc(N)c(C#N)c(C)c2/C1=C/c1cc(Cl)c(OCC(=O)O)c(Cl)c1. The Balaban J connectivity index is 2.18. The summed E-state index contributed by atoms with van der Waals surface area (Å²) in [6, 6.07) is 7.34. The molecule has 1 aliphatic rings. The van der Waals surface area contributed by atoms with Crippen LogP contribution in [0.3, 0.4) is 0 Å². The first-order valence-corrected chi connectivity index (χ1v) is 9.32. The van der Waals surface area contributed by atoms with E-state index in [0.29, 0.717) is 39.1 Å². The summed E-state index contributed by atoms with van der Waals surface area (Å²) >= 11 is 12.5. The average Bonchev–Trinajstić information content (AvgIpc) is 2.92. The Hall–Kier alpha value is -3.52. The molecule has 0 saturated carbocycles. The molecule has 9 heteroatoms. The highest BCUT2D eigenvalue weighted by Gasteiger charge is 2.29. The van der Waals surface area contributed by atoms with Crippen LogP contribution in [0.2, 0.25) is 10.0 Å². The van der Waals surface area contributed by atoms with Gasteiger partial charge in [0.25, 0.3) is 0 Å². The lowest BCUT2D eigenvalue weighted by atomic mass is 9.95. The number of carbonyl (C=O) groups is 1. The van der Waals surface area contributed by atoms with Crippen molar-refractivity contribution in [2.75, 3.05) is 12.3 Å². The summed E-state index contributed by atoms with van der Waals surface area (Å²) in [7, 11) is 0. The molecule has 7 nitrogen and oxygen atoms in total. The molecule has 0 saturated heterocycles. The molecule has 0 unspecified atom stereocenters. The summed E-state index contributed by atoms with van der Waals surface area (Å²) in [5.74, 6) is -1.02. The summed E-state index contributed by atoms with van der Waals surface area (Å²) in [4.78, 5) is 15.0. The van der Waals surface area contributed by atoms with E-state index in [2.05, 4.69) is 17.1 Å². The van der Waals surface area contributed by atoms with Crippen molar-refractivity contribution in [1.29, 1.82) is 10.5 Å². The molecule has 1 aromatic heterocycles. The van der Waals surface area contributed by atoms with Gasteiger partial charge in [-0.25, -0.2) is 9.78 Å². The van der Waals surface area contributed by atoms with E-state index in [1.165, 1.54) is 0 Å². The molecule has 0 bridgehead atoms. The normalized spacial score (nSPS) is 13.7. The summed E-state index contributed by atoms with van der Waals surface area (Å²) in [5.41, 5.74) is 10.2. The van der Waals surface area contributed by atoms with Gasteiger partial charge in [-0.2, -0.15) is 10.5 Å². The van der Waals surface area contributed by atoms with E-state index in [4.69, 9.17) is 38.8 Å². The number of halogens is 2. The smallest absolute Gasteiger partial charge is 0.341 e. The number of fused-ring (bicyclic) bond motifs is 1. The van der Waals surface area contributed by atoms with Gasteiger partial charge in [0.05, 0.1) is 26.9 Å². The number of ether oxygens (including phenoxy) is 1. The molecule has 0 amide bonds. The molecule has 1 aromatic carbocycles. The second kappa shape index (κ2) is 8.08. The number of rotatable bonds is 4. The van der Waals surface area contributed by atoms with Gasteiger partial charge in [-0.3, -0.25) is 0 Å². The number of nitrogen functional groups attached to an aromatic ring is 1. The van der Waals surface area contributed by atoms with Gasteiger partial charge in [0.2, 0.25) is 0 Å². The third kappa shape index (κ3) is 3.57. The summed E-state index contributed by atoms with van der Waals surface area (Å²) < 4.78 is 5.13. The lowest BCUT2D eigenvalue weighted by Crippen LogP contribution is -2.10. The number of carboxylic acid groups (broad SMARTS) is 1. The third-order valence-corrected chi connectivity index (χ3v) is 5.22. The number of nitrogens with two attached hydrogens (primary N) is 1. The molecule has 0 spiro atoms. The molecule has 150 valence electrons. The highest BCUT2D eigenvalue weighted by molar-refractivity contribution is 6.37. The Bertz CT molecular complexity index is 1230. The second-order valence-corrected chi connectivity index (χ2v) is 7.31. The molecule has 30 heavy (non-hydrogen) atoms. The van der Waals surface area contributed by atoms with Crippen LogP contribution in [0.15, 0.2) is 17.7 Å². The maximum atomic E-state index is 10.7. The van der Waals surface area contributed by atoms with E-state index in [9.17, 15) is 15.3 Å². The molecule has 2 aromatic rings. The first kappa shape index (κ1) is 21.2. The van der Waals surface area contributed by atoms with Gasteiger partial charge in [0.1, 0.15) is 18.0 Å². The van der Waals surface area contributed by atoms with Crippen molar-refractivity contribution in [3.8, 4) is 17.9 Å². The number of carboxylic acids is 1. The molecule has 1 heterocycles. The van der Waals surface area contributed by atoms with Crippen molar-refractivity contribution < 1.29 is 14.6 Å². The zero-order valence-electron chi connectivity index (χ0n) is 15.9. The van der Waals surface area contributed by atoms with E-state index in [0.717, 1.165) is 0 Å². The van der Waals surface area contributed by atoms with Crippen LogP contribution in [0, 0.1) is 29.6 Å². The Morgan fingerprint density at radius 3 is 2.43 bits per heavy atom. The molecule has 0 radical (unpaired) electrons.